The lowest BCUT2D eigenvalue weighted by Crippen LogP contribution is -2.65. The predicted molar refractivity (Wildman–Crippen MR) is 99.0 cm³/mol. The van der Waals surface area contributed by atoms with Crippen LogP contribution in [0.4, 0.5) is 0 Å². The smallest absolute Gasteiger partial charge is 0.187 e. The van der Waals surface area contributed by atoms with Crippen molar-refractivity contribution in [2.24, 2.45) is 17.6 Å². The van der Waals surface area contributed by atoms with Crippen molar-refractivity contribution < 1.29 is 60.2 Å². The molecule has 3 aliphatic rings. The van der Waals surface area contributed by atoms with Crippen molar-refractivity contribution in [3.63, 3.8) is 0 Å². The molecule has 2 saturated heterocycles. The first kappa shape index (κ1) is 25.1. The molecule has 0 bridgehead atoms. The van der Waals surface area contributed by atoms with Crippen LogP contribution in [0.5, 0.6) is 0 Å². The highest BCUT2D eigenvalue weighted by molar-refractivity contribution is 5.07. The zero-order valence-electron chi connectivity index (χ0n) is 16.9. The molecule has 11 N–H and O–H groups in total. The Morgan fingerprint density at radius 2 is 1.39 bits per heavy atom. The lowest BCUT2D eigenvalue weighted by Gasteiger charge is -2.48. The Morgan fingerprint density at radius 1 is 0.742 bits per heavy atom. The summed E-state index contributed by atoms with van der Waals surface area (Å²) < 4.78 is 16.6. The Hall–Kier alpha value is -0.520. The second-order valence-electron chi connectivity index (χ2n) is 8.57. The van der Waals surface area contributed by atoms with E-state index in [1.807, 2.05) is 0 Å². The van der Waals surface area contributed by atoms with E-state index in [0.29, 0.717) is 0 Å². The molecular weight excluding hydrogens is 422 g/mol. The third kappa shape index (κ3) is 4.36. The molecule has 31 heavy (non-hydrogen) atoms. The third-order valence-electron chi connectivity index (χ3n) is 6.72. The van der Waals surface area contributed by atoms with Gasteiger partial charge in [0.15, 0.2) is 6.29 Å². The third-order valence-corrected chi connectivity index (χ3v) is 6.72. The van der Waals surface area contributed by atoms with Crippen LogP contribution in [0.3, 0.4) is 0 Å². The maximum Gasteiger partial charge on any atom is 0.187 e. The zero-order valence-corrected chi connectivity index (χ0v) is 16.9. The first-order valence-electron chi connectivity index (χ1n) is 10.2. The van der Waals surface area contributed by atoms with Gasteiger partial charge < -0.3 is 65.9 Å². The quantitative estimate of drug-likeness (QED) is 0.186. The summed E-state index contributed by atoms with van der Waals surface area (Å²) >= 11 is 0. The number of ether oxygens (including phenoxy) is 3. The Kier molecular flexibility index (Phi) is 7.91. The highest BCUT2D eigenvalue weighted by atomic mass is 16.7. The lowest BCUT2D eigenvalue weighted by atomic mass is 9.81. The number of aliphatic hydroxyl groups excluding tert-OH is 9. The average molecular weight is 455 g/mol. The van der Waals surface area contributed by atoms with Gasteiger partial charge in [-0.25, -0.2) is 0 Å². The van der Waals surface area contributed by atoms with Gasteiger partial charge in [0.25, 0.3) is 0 Å². The molecule has 0 aromatic heterocycles. The summed E-state index contributed by atoms with van der Waals surface area (Å²) in [5.74, 6) is -1.90. The van der Waals surface area contributed by atoms with E-state index in [4.69, 9.17) is 19.9 Å². The van der Waals surface area contributed by atoms with Crippen molar-refractivity contribution in [1.29, 1.82) is 0 Å². The van der Waals surface area contributed by atoms with Gasteiger partial charge in [0.05, 0.1) is 31.0 Å². The zero-order chi connectivity index (χ0) is 23.2. The highest BCUT2D eigenvalue weighted by Gasteiger charge is 2.57. The van der Waals surface area contributed by atoms with Crippen LogP contribution in [0.2, 0.25) is 0 Å². The van der Waals surface area contributed by atoms with Gasteiger partial charge in [0.2, 0.25) is 0 Å². The van der Waals surface area contributed by atoms with Crippen molar-refractivity contribution in [3.8, 4) is 0 Å². The Morgan fingerprint density at radius 3 is 1.97 bits per heavy atom. The molecule has 0 aromatic rings. The summed E-state index contributed by atoms with van der Waals surface area (Å²) in [6.45, 7) is 0.214. The minimum atomic E-state index is -1.70. The first-order valence-corrected chi connectivity index (χ1v) is 10.2. The summed E-state index contributed by atoms with van der Waals surface area (Å²) in [5.41, 5.74) is 5.84. The maximum absolute atomic E-state index is 10.7. The van der Waals surface area contributed by atoms with Gasteiger partial charge in [0, 0.05) is 24.5 Å². The fourth-order valence-corrected chi connectivity index (χ4v) is 4.78. The van der Waals surface area contributed by atoms with Crippen molar-refractivity contribution in [2.45, 2.75) is 86.4 Å². The van der Waals surface area contributed by atoms with Crippen molar-refractivity contribution in [3.05, 3.63) is 0 Å². The Balaban J connectivity index is 1.78. The summed E-state index contributed by atoms with van der Waals surface area (Å²) in [5, 5.41) is 91.1. The molecule has 0 radical (unpaired) electrons. The molecule has 3 rings (SSSR count). The van der Waals surface area contributed by atoms with E-state index in [1.54, 1.807) is 0 Å². The molecule has 0 spiro atoms. The average Bonchev–Trinajstić information content (AvgIpc) is 2.97. The monoisotopic (exact) mass is 455 g/mol. The molecule has 15 atom stereocenters. The lowest BCUT2D eigenvalue weighted by molar-refractivity contribution is -0.341. The minimum absolute atomic E-state index is 0.521. The number of rotatable bonds is 5. The van der Waals surface area contributed by atoms with Crippen LogP contribution in [0.1, 0.15) is 6.92 Å². The molecule has 1 unspecified atom stereocenters. The van der Waals surface area contributed by atoms with E-state index in [1.165, 1.54) is 6.92 Å². The van der Waals surface area contributed by atoms with Crippen LogP contribution < -0.4 is 5.73 Å². The Bertz CT molecular complexity index is 598. The predicted octanol–water partition coefficient (Wildman–Crippen LogP) is -6.03. The molecule has 13 heteroatoms. The fourth-order valence-electron chi connectivity index (χ4n) is 4.78. The van der Waals surface area contributed by atoms with Gasteiger partial charge in [-0.2, -0.15) is 0 Å². The van der Waals surface area contributed by atoms with E-state index < -0.39 is 105 Å². The van der Waals surface area contributed by atoms with Crippen LogP contribution in [-0.4, -0.2) is 139 Å². The summed E-state index contributed by atoms with van der Waals surface area (Å²) in [6, 6.07) is -1.00. The second kappa shape index (κ2) is 9.77. The number of aliphatic hydroxyl groups is 9. The van der Waals surface area contributed by atoms with E-state index in [2.05, 4.69) is 0 Å². The molecule has 2 heterocycles. The molecule has 2 aliphatic heterocycles. The highest BCUT2D eigenvalue weighted by Crippen LogP contribution is 2.40. The molecule has 0 amide bonds. The van der Waals surface area contributed by atoms with Crippen molar-refractivity contribution in [1.82, 2.24) is 0 Å². The maximum atomic E-state index is 10.7. The van der Waals surface area contributed by atoms with Crippen molar-refractivity contribution in [2.75, 3.05) is 13.2 Å². The topological polar surface area (TPSA) is 236 Å². The first-order chi connectivity index (χ1) is 14.5. The van der Waals surface area contributed by atoms with Gasteiger partial charge in [-0.1, -0.05) is 0 Å². The molecule has 1 saturated carbocycles. The van der Waals surface area contributed by atoms with Gasteiger partial charge in [-0.15, -0.1) is 0 Å². The number of hydrogen-bond donors (Lipinski definition) is 10. The molecule has 13 nitrogen and oxygen atoms in total. The standard InChI is InChI=1S/C18H33NO12/c1-4-9(22)12(25)15(28)18(29-4)31-16-6(3-21)30-17(14(27)13(16)26)7-5(2-20)8(19)11(24)10(7)23/h4-18,20-28H,2-3,19H2,1H3/t4-,5-,6-,7?,8-,9-,10+,11+,12+,13-,14-,15-,16-,17-,18+/m1/s1. The number of hydrogen-bond acceptors (Lipinski definition) is 13. The van der Waals surface area contributed by atoms with Crippen LogP contribution >= 0.6 is 0 Å². The summed E-state index contributed by atoms with van der Waals surface area (Å²) in [4.78, 5) is 0. The largest absolute Gasteiger partial charge is 0.396 e. The summed E-state index contributed by atoms with van der Waals surface area (Å²) in [6.07, 6.45) is -17.3. The van der Waals surface area contributed by atoms with Crippen LogP contribution in [0, 0.1) is 11.8 Å². The van der Waals surface area contributed by atoms with Crippen LogP contribution in [0.25, 0.3) is 0 Å². The van der Waals surface area contributed by atoms with E-state index in [9.17, 15) is 46.0 Å². The van der Waals surface area contributed by atoms with E-state index in [0.717, 1.165) is 0 Å². The SMILES string of the molecule is C[C@H]1O[C@@H](O[C@H]2[C@H](O)[C@@H](O)[C@@H](C3[C@@H](CO)[C@@H](N)[C@H](O)[C@H]3O)O[C@@H]2CO)[C@H](O)[C@@H](O)[C@@H]1O. The second-order valence-corrected chi connectivity index (χ2v) is 8.57. The molecule has 1 aliphatic carbocycles. The van der Waals surface area contributed by atoms with Gasteiger partial charge >= 0.3 is 0 Å². The number of nitrogens with two attached hydrogens (primary N) is 1. The van der Waals surface area contributed by atoms with Gasteiger partial charge in [-0.3, -0.25) is 0 Å². The molecule has 0 aromatic carbocycles. The summed E-state index contributed by atoms with van der Waals surface area (Å²) in [7, 11) is 0. The van der Waals surface area contributed by atoms with Crippen LogP contribution in [-0.2, 0) is 14.2 Å². The minimum Gasteiger partial charge on any atom is -0.396 e. The molecule has 3 fully saturated rings. The Labute approximate surface area is 178 Å². The van der Waals surface area contributed by atoms with E-state index in [-0.39, 0.29) is 0 Å². The van der Waals surface area contributed by atoms with Crippen molar-refractivity contribution >= 4 is 0 Å². The van der Waals surface area contributed by atoms with E-state index >= 15 is 0 Å². The van der Waals surface area contributed by atoms with Gasteiger partial charge in [0.1, 0.15) is 42.7 Å². The fraction of sp³-hybridized carbons (Fsp3) is 1.00. The molecule has 182 valence electrons. The van der Waals surface area contributed by atoms with Gasteiger partial charge in [-0.05, 0) is 6.92 Å². The van der Waals surface area contributed by atoms with Crippen LogP contribution in [0.15, 0.2) is 0 Å². The normalized spacial score (nSPS) is 56.0. The molecular formula is C18H33NO12.